The molecule has 0 saturated carbocycles. The molecule has 0 aliphatic carbocycles. The number of benzene rings is 2. The topological polar surface area (TPSA) is 110 Å². The number of para-hydroxylation sites is 1. The highest BCUT2D eigenvalue weighted by molar-refractivity contribution is 7.89. The quantitative estimate of drug-likeness (QED) is 0.583. The van der Waals surface area contributed by atoms with Crippen LogP contribution in [0.25, 0.3) is 11.0 Å². The van der Waals surface area contributed by atoms with E-state index in [1.165, 1.54) is 41.2 Å². The van der Waals surface area contributed by atoms with Crippen LogP contribution in [0.4, 0.5) is 5.69 Å². The molecule has 1 fully saturated rings. The van der Waals surface area contributed by atoms with Crippen molar-refractivity contribution in [3.05, 3.63) is 68.2 Å². The zero-order chi connectivity index (χ0) is 24.1. The number of amides is 1. The molecule has 1 saturated heterocycles. The Kier molecular flexibility index (Phi) is 5.75. The Labute approximate surface area is 191 Å². The molecule has 10 heteroatoms. The molecular formula is C23H26N4O5S. The molecule has 1 amide bonds. The van der Waals surface area contributed by atoms with Gasteiger partial charge in [-0.15, -0.1) is 0 Å². The Morgan fingerprint density at radius 1 is 0.970 bits per heavy atom. The second kappa shape index (κ2) is 8.27. The number of sulfonamides is 1. The van der Waals surface area contributed by atoms with E-state index in [-0.39, 0.29) is 17.3 Å². The van der Waals surface area contributed by atoms with Crippen molar-refractivity contribution in [1.29, 1.82) is 0 Å². The van der Waals surface area contributed by atoms with Gasteiger partial charge in [-0.3, -0.25) is 14.4 Å². The normalized spacial score (nSPS) is 16.9. The predicted molar refractivity (Wildman–Crippen MR) is 126 cm³/mol. The maximum atomic E-state index is 13.5. The zero-order valence-corrected chi connectivity index (χ0v) is 19.8. The van der Waals surface area contributed by atoms with Crippen molar-refractivity contribution in [3.8, 4) is 0 Å². The van der Waals surface area contributed by atoms with Crippen molar-refractivity contribution in [2.45, 2.75) is 37.6 Å². The second-order valence-corrected chi connectivity index (χ2v) is 10.3. The van der Waals surface area contributed by atoms with Crippen LogP contribution in [-0.2, 0) is 28.9 Å². The minimum Gasteiger partial charge on any atom is -0.324 e. The molecule has 3 aromatic rings. The summed E-state index contributed by atoms with van der Waals surface area (Å²) in [6.45, 7) is 3.99. The first-order chi connectivity index (χ1) is 15.5. The smallest absolute Gasteiger partial charge is 0.316 e. The summed E-state index contributed by atoms with van der Waals surface area (Å²) in [6.07, 6.45) is 0.973. The van der Waals surface area contributed by atoms with Crippen LogP contribution in [0, 0.1) is 13.8 Å². The van der Waals surface area contributed by atoms with Crippen LogP contribution in [0.1, 0.15) is 24.0 Å². The molecule has 1 aliphatic heterocycles. The Hall–Kier alpha value is -3.24. The van der Waals surface area contributed by atoms with Gasteiger partial charge in [-0.2, -0.15) is 4.31 Å². The molecule has 1 atom stereocenters. The van der Waals surface area contributed by atoms with Gasteiger partial charge in [0.1, 0.15) is 6.04 Å². The number of carbonyl (C=O) groups excluding carboxylic acids is 1. The maximum Gasteiger partial charge on any atom is 0.316 e. The fourth-order valence-electron chi connectivity index (χ4n) is 4.37. The van der Waals surface area contributed by atoms with Gasteiger partial charge in [-0.1, -0.05) is 18.2 Å². The van der Waals surface area contributed by atoms with Crippen molar-refractivity contribution in [3.63, 3.8) is 0 Å². The van der Waals surface area contributed by atoms with Gasteiger partial charge in [0.2, 0.25) is 15.9 Å². The standard InChI is InChI=1S/C23H26N4O5S/c1-14-7-5-8-15(2)20(14)24-21(28)18-9-6-12-27(18)33(31,32)16-10-11-17-19(13-16)26(4)23(30)22(29)25(17)3/h5,7-8,10-11,13,18H,6,9,12H2,1-4H3,(H,24,28)/t18-/m1/s1. The average molecular weight is 471 g/mol. The van der Waals surface area contributed by atoms with Gasteiger partial charge in [0.25, 0.3) is 0 Å². The SMILES string of the molecule is Cc1cccc(C)c1NC(=O)[C@H]1CCCN1S(=O)(=O)c1ccc2c(c1)n(C)c(=O)c(=O)n2C. The molecule has 1 aliphatic rings. The van der Waals surface area contributed by atoms with E-state index in [0.717, 1.165) is 15.7 Å². The molecule has 0 bridgehead atoms. The van der Waals surface area contributed by atoms with E-state index < -0.39 is 27.2 Å². The Balaban J connectivity index is 1.72. The number of carbonyl (C=O) groups is 1. The molecule has 0 unspecified atom stereocenters. The highest BCUT2D eigenvalue weighted by Gasteiger charge is 2.39. The lowest BCUT2D eigenvalue weighted by Crippen LogP contribution is -2.43. The highest BCUT2D eigenvalue weighted by atomic mass is 32.2. The second-order valence-electron chi connectivity index (χ2n) is 8.41. The van der Waals surface area contributed by atoms with Gasteiger partial charge in [0.15, 0.2) is 0 Å². The van der Waals surface area contributed by atoms with E-state index >= 15 is 0 Å². The summed E-state index contributed by atoms with van der Waals surface area (Å²) < 4.78 is 30.6. The first-order valence-electron chi connectivity index (χ1n) is 10.6. The minimum atomic E-state index is -4.02. The number of rotatable bonds is 4. The van der Waals surface area contributed by atoms with Crippen molar-refractivity contribution in [2.75, 3.05) is 11.9 Å². The molecule has 0 radical (unpaired) electrons. The third-order valence-electron chi connectivity index (χ3n) is 6.30. The van der Waals surface area contributed by atoms with Crippen molar-refractivity contribution in [1.82, 2.24) is 13.4 Å². The third-order valence-corrected chi connectivity index (χ3v) is 8.21. The zero-order valence-electron chi connectivity index (χ0n) is 19.0. The molecule has 4 rings (SSSR count). The lowest BCUT2D eigenvalue weighted by atomic mass is 10.1. The van der Waals surface area contributed by atoms with Crippen molar-refractivity contribution < 1.29 is 13.2 Å². The number of fused-ring (bicyclic) bond motifs is 1. The maximum absolute atomic E-state index is 13.5. The first-order valence-corrected chi connectivity index (χ1v) is 12.1. The minimum absolute atomic E-state index is 0.0320. The molecule has 174 valence electrons. The Morgan fingerprint density at radius 3 is 2.21 bits per heavy atom. The fourth-order valence-corrected chi connectivity index (χ4v) is 6.04. The van der Waals surface area contributed by atoms with Gasteiger partial charge in [-0.25, -0.2) is 8.42 Å². The van der Waals surface area contributed by atoms with Gasteiger partial charge in [0.05, 0.1) is 15.9 Å². The average Bonchev–Trinajstić information content (AvgIpc) is 3.29. The van der Waals surface area contributed by atoms with E-state index in [9.17, 15) is 22.8 Å². The Morgan fingerprint density at radius 2 is 1.58 bits per heavy atom. The predicted octanol–water partition coefficient (Wildman–Crippen LogP) is 1.65. The Bertz CT molecular complexity index is 1480. The molecule has 2 heterocycles. The molecule has 9 nitrogen and oxygen atoms in total. The summed E-state index contributed by atoms with van der Waals surface area (Å²) in [5.41, 5.74) is 1.81. The van der Waals surface area contributed by atoms with Crippen LogP contribution >= 0.6 is 0 Å². The largest absolute Gasteiger partial charge is 0.324 e. The van der Waals surface area contributed by atoms with E-state index in [1.807, 2.05) is 32.0 Å². The first kappa shape index (κ1) is 22.9. The van der Waals surface area contributed by atoms with E-state index in [0.29, 0.717) is 29.6 Å². The molecular weight excluding hydrogens is 444 g/mol. The monoisotopic (exact) mass is 470 g/mol. The number of hydrogen-bond acceptors (Lipinski definition) is 5. The van der Waals surface area contributed by atoms with E-state index in [2.05, 4.69) is 5.32 Å². The molecule has 1 N–H and O–H groups in total. The molecule has 2 aromatic carbocycles. The van der Waals surface area contributed by atoms with Crippen LogP contribution < -0.4 is 16.4 Å². The summed E-state index contributed by atoms with van der Waals surface area (Å²) in [4.78, 5) is 37.3. The molecule has 33 heavy (non-hydrogen) atoms. The van der Waals surface area contributed by atoms with Crippen molar-refractivity contribution in [2.24, 2.45) is 14.1 Å². The van der Waals surface area contributed by atoms with E-state index in [1.54, 1.807) is 0 Å². The van der Waals surface area contributed by atoms with Gasteiger partial charge < -0.3 is 14.5 Å². The van der Waals surface area contributed by atoms with Crippen LogP contribution in [0.3, 0.4) is 0 Å². The summed E-state index contributed by atoms with van der Waals surface area (Å²) in [7, 11) is -1.12. The number of aryl methyl sites for hydroxylation is 4. The number of nitrogens with zero attached hydrogens (tertiary/aromatic N) is 3. The highest BCUT2D eigenvalue weighted by Crippen LogP contribution is 2.29. The van der Waals surface area contributed by atoms with Crippen molar-refractivity contribution >= 4 is 32.7 Å². The number of aromatic nitrogens is 2. The lowest BCUT2D eigenvalue weighted by molar-refractivity contribution is -0.119. The van der Waals surface area contributed by atoms with Gasteiger partial charge >= 0.3 is 11.1 Å². The van der Waals surface area contributed by atoms with Crippen LogP contribution in [-0.4, -0.2) is 40.4 Å². The number of hydrogen-bond donors (Lipinski definition) is 1. The van der Waals surface area contributed by atoms with Crippen LogP contribution in [0.5, 0.6) is 0 Å². The third kappa shape index (κ3) is 3.79. The summed E-state index contributed by atoms with van der Waals surface area (Å²) >= 11 is 0. The number of anilines is 1. The molecule has 1 aromatic heterocycles. The van der Waals surface area contributed by atoms with Gasteiger partial charge in [0, 0.05) is 26.3 Å². The van der Waals surface area contributed by atoms with Crippen LogP contribution in [0.2, 0.25) is 0 Å². The number of nitrogens with one attached hydrogen (secondary N) is 1. The van der Waals surface area contributed by atoms with Crippen LogP contribution in [0.15, 0.2) is 50.9 Å². The lowest BCUT2D eigenvalue weighted by Gasteiger charge is -2.24. The summed E-state index contributed by atoms with van der Waals surface area (Å²) in [6, 6.07) is 9.12. The van der Waals surface area contributed by atoms with Gasteiger partial charge in [-0.05, 0) is 56.0 Å². The summed E-state index contributed by atoms with van der Waals surface area (Å²) in [5.74, 6) is -0.371. The fraction of sp³-hybridized carbons (Fsp3) is 0.348. The molecule has 0 spiro atoms. The van der Waals surface area contributed by atoms with E-state index in [4.69, 9.17) is 0 Å². The summed E-state index contributed by atoms with van der Waals surface area (Å²) in [5, 5.41) is 2.91.